The Bertz CT molecular complexity index is 1410. The number of aryl methyl sites for hydroxylation is 2. The van der Waals surface area contributed by atoms with Crippen molar-refractivity contribution < 1.29 is 4.79 Å². The third kappa shape index (κ3) is 9.23. The van der Waals surface area contributed by atoms with E-state index in [9.17, 15) is 10.1 Å². The molecule has 2 aromatic rings. The smallest absolute Gasteiger partial charge is 0.271 e. The number of hydrogen-bond acceptors (Lipinski definition) is 6. The number of benzene rings is 1. The van der Waals surface area contributed by atoms with Crippen LogP contribution < -0.4 is 5.32 Å². The van der Waals surface area contributed by atoms with Crippen molar-refractivity contribution in [3.63, 3.8) is 0 Å². The predicted molar refractivity (Wildman–Crippen MR) is 183 cm³/mol. The van der Waals surface area contributed by atoms with Crippen LogP contribution in [0, 0.1) is 17.1 Å². The fourth-order valence-corrected chi connectivity index (χ4v) is 6.95. The Morgan fingerprint density at radius 2 is 1.95 bits per heavy atom. The molecular weight excluding hydrogens is 588 g/mol. The summed E-state index contributed by atoms with van der Waals surface area (Å²) in [4.78, 5) is 20.7. The molecule has 9 heteroatoms. The Morgan fingerprint density at radius 1 is 1.14 bits per heavy atom. The summed E-state index contributed by atoms with van der Waals surface area (Å²) in [6.07, 6.45) is 18.2. The average molecular weight is 630 g/mol. The van der Waals surface area contributed by atoms with Gasteiger partial charge in [0, 0.05) is 66.5 Å². The van der Waals surface area contributed by atoms with Crippen molar-refractivity contribution in [1.29, 1.82) is 5.26 Å². The fraction of sp³-hybridized carbons (Fsp3) is 0.457. The summed E-state index contributed by atoms with van der Waals surface area (Å²) < 4.78 is 0. The van der Waals surface area contributed by atoms with E-state index in [0.29, 0.717) is 28.8 Å². The second kappa shape index (κ2) is 16.3. The van der Waals surface area contributed by atoms with E-state index in [1.807, 2.05) is 12.1 Å². The van der Waals surface area contributed by atoms with Crippen LogP contribution >= 0.6 is 23.2 Å². The molecule has 1 N–H and O–H groups in total. The first-order valence-electron chi connectivity index (χ1n) is 16.1. The highest BCUT2D eigenvalue weighted by Crippen LogP contribution is 2.29. The number of fused-ring (bicyclic) bond motifs is 1. The summed E-state index contributed by atoms with van der Waals surface area (Å²) >= 11 is 12.9. The summed E-state index contributed by atoms with van der Waals surface area (Å²) in [6, 6.07) is 10.2. The van der Waals surface area contributed by atoms with Gasteiger partial charge in [-0.3, -0.25) is 4.90 Å². The molecule has 6 nitrogen and oxygen atoms in total. The number of aromatic nitrogens is 1. The van der Waals surface area contributed by atoms with Gasteiger partial charge in [-0.2, -0.15) is 0 Å². The summed E-state index contributed by atoms with van der Waals surface area (Å²) in [5, 5.41) is 14.1. The maximum Gasteiger partial charge on any atom is 0.271 e. The number of carbonyl (C=O) groups excluding carboxylic acids is 1. The van der Waals surface area contributed by atoms with E-state index < -0.39 is 0 Å². The minimum atomic E-state index is 0.107. The van der Waals surface area contributed by atoms with Gasteiger partial charge in [-0.25, -0.2) is 10.2 Å². The molecule has 5 rings (SSSR count). The van der Waals surface area contributed by atoms with Crippen molar-refractivity contribution in [2.24, 2.45) is 5.92 Å². The second-order valence-electron chi connectivity index (χ2n) is 12.2. The van der Waals surface area contributed by atoms with E-state index >= 15 is 0 Å². The molecule has 1 atom stereocenters. The number of nitriles is 1. The van der Waals surface area contributed by atoms with E-state index in [1.165, 1.54) is 24.1 Å². The second-order valence-corrected chi connectivity index (χ2v) is 13.1. The normalized spacial score (nSPS) is 19.6. The number of rotatable bonds is 12. The summed E-state index contributed by atoms with van der Waals surface area (Å²) in [7, 11) is 0. The highest BCUT2D eigenvalue weighted by atomic mass is 35.5. The number of nitrogens with zero attached hydrogens (tertiary/aromatic N) is 4. The standard InChI is InChI=1S/C35H42BCl2N5O/c37-31-21-30(22-32(38)24-31)29(23-34(6-2-1-3-20-44)43-18-13-36(26-39)14-19-43)12-17-42-16-11-27(25-42)7-9-33-10-8-28-5-4-15-40-35(28)41-33/h2,6,8,10,12,20-24,27H,1,3-5,7,9,11,13-19,25H2,(H,40,41)/b6-2+,29-12+,34-23+/t27-/m1/s1. The third-order valence-corrected chi connectivity index (χ3v) is 9.42. The third-order valence-electron chi connectivity index (χ3n) is 8.98. The molecule has 3 aliphatic rings. The van der Waals surface area contributed by atoms with E-state index in [-0.39, 0.29) is 6.71 Å². The van der Waals surface area contributed by atoms with Crippen LogP contribution in [0.5, 0.6) is 0 Å². The van der Waals surface area contributed by atoms with Crippen LogP contribution in [0.2, 0.25) is 22.7 Å². The molecule has 0 spiro atoms. The highest BCUT2D eigenvalue weighted by molar-refractivity contribution is 6.67. The van der Waals surface area contributed by atoms with Gasteiger partial charge in [0.15, 0.2) is 0 Å². The lowest BCUT2D eigenvalue weighted by molar-refractivity contribution is -0.107. The van der Waals surface area contributed by atoms with Gasteiger partial charge in [0.05, 0.1) is 0 Å². The zero-order chi connectivity index (χ0) is 30.7. The molecule has 1 aromatic carbocycles. The number of hydrogen-bond donors (Lipinski definition) is 1. The predicted octanol–water partition coefficient (Wildman–Crippen LogP) is 7.38. The Labute approximate surface area is 272 Å². The Morgan fingerprint density at radius 3 is 2.73 bits per heavy atom. The zero-order valence-electron chi connectivity index (χ0n) is 25.5. The molecule has 2 saturated heterocycles. The monoisotopic (exact) mass is 629 g/mol. The van der Waals surface area contributed by atoms with Crippen molar-refractivity contribution >= 4 is 47.6 Å². The van der Waals surface area contributed by atoms with E-state index in [4.69, 9.17) is 28.2 Å². The molecule has 0 radical (unpaired) electrons. The number of nitrogens with one attached hydrogen (secondary N) is 1. The molecule has 4 heterocycles. The van der Waals surface area contributed by atoms with Crippen LogP contribution in [0.15, 0.2) is 60.3 Å². The average Bonchev–Trinajstić information content (AvgIpc) is 3.50. The van der Waals surface area contributed by atoms with Crippen LogP contribution in [-0.2, 0) is 17.6 Å². The van der Waals surface area contributed by atoms with Crippen LogP contribution in [0.1, 0.15) is 48.9 Å². The first-order chi connectivity index (χ1) is 21.5. The summed E-state index contributed by atoms with van der Waals surface area (Å²) in [5.74, 6) is 4.18. The molecule has 0 bridgehead atoms. The number of unbranched alkanes of at least 4 members (excludes halogenated alkanes) is 1. The number of halogens is 2. The van der Waals surface area contributed by atoms with Gasteiger partial charge in [0.1, 0.15) is 12.1 Å². The quantitative estimate of drug-likeness (QED) is 0.114. The molecule has 3 aliphatic heterocycles. The van der Waals surface area contributed by atoms with Crippen molar-refractivity contribution in [3.05, 3.63) is 87.2 Å². The first kappa shape index (κ1) is 32.4. The number of allylic oxidation sites excluding steroid dienone is 4. The van der Waals surface area contributed by atoms with Crippen LogP contribution in [-0.4, -0.2) is 67.1 Å². The molecule has 230 valence electrons. The van der Waals surface area contributed by atoms with Gasteiger partial charge in [-0.15, -0.1) is 0 Å². The Hall–Kier alpha value is -3.05. The van der Waals surface area contributed by atoms with Crippen molar-refractivity contribution in [3.8, 4) is 5.97 Å². The van der Waals surface area contributed by atoms with Crippen molar-refractivity contribution in [2.75, 3.05) is 44.6 Å². The van der Waals surface area contributed by atoms with E-state index in [2.05, 4.69) is 57.5 Å². The first-order valence-corrected chi connectivity index (χ1v) is 16.8. The van der Waals surface area contributed by atoms with Crippen molar-refractivity contribution in [1.82, 2.24) is 14.8 Å². The topological polar surface area (TPSA) is 72.3 Å². The van der Waals surface area contributed by atoms with Gasteiger partial charge >= 0.3 is 0 Å². The van der Waals surface area contributed by atoms with E-state index in [0.717, 1.165) is 100 Å². The van der Waals surface area contributed by atoms with Gasteiger partial charge in [0.25, 0.3) is 6.71 Å². The van der Waals surface area contributed by atoms with Gasteiger partial charge in [0.2, 0.25) is 0 Å². The molecule has 44 heavy (non-hydrogen) atoms. The largest absolute Gasteiger partial charge is 0.373 e. The minimum Gasteiger partial charge on any atom is -0.373 e. The van der Waals surface area contributed by atoms with Crippen LogP contribution in [0.25, 0.3) is 5.57 Å². The van der Waals surface area contributed by atoms with Gasteiger partial charge < -0.3 is 15.0 Å². The highest BCUT2D eigenvalue weighted by Gasteiger charge is 2.24. The lowest BCUT2D eigenvalue weighted by Crippen LogP contribution is -2.35. The molecule has 2 fully saturated rings. The summed E-state index contributed by atoms with van der Waals surface area (Å²) in [5.41, 5.74) is 5.67. The van der Waals surface area contributed by atoms with Gasteiger partial charge in [-0.05, 0) is 117 Å². The number of anilines is 1. The van der Waals surface area contributed by atoms with Gasteiger partial charge in [-0.1, -0.05) is 41.4 Å². The number of aldehydes is 1. The number of likely N-dealkylation sites (tertiary alicyclic amines) is 1. The molecular formula is C35H42BCl2N5O. The zero-order valence-corrected chi connectivity index (χ0v) is 27.0. The van der Waals surface area contributed by atoms with Crippen LogP contribution in [0.4, 0.5) is 5.82 Å². The van der Waals surface area contributed by atoms with Crippen LogP contribution in [0.3, 0.4) is 0 Å². The number of carbonyl (C=O) groups is 1. The Balaban J connectivity index is 1.30. The summed E-state index contributed by atoms with van der Waals surface area (Å²) in [6.45, 7) is 5.78. The molecule has 0 aliphatic carbocycles. The molecule has 1 aromatic heterocycles. The molecule has 0 saturated carbocycles. The lowest BCUT2D eigenvalue weighted by Gasteiger charge is -2.31. The lowest BCUT2D eigenvalue weighted by atomic mass is 9.45. The maximum atomic E-state index is 10.9. The molecule has 0 unspecified atom stereocenters. The Kier molecular flexibility index (Phi) is 12.0. The van der Waals surface area contributed by atoms with E-state index in [1.54, 1.807) is 6.07 Å². The number of pyridine rings is 1. The maximum absolute atomic E-state index is 10.9. The molecule has 0 amide bonds. The fourth-order valence-electron chi connectivity index (χ4n) is 6.42. The minimum absolute atomic E-state index is 0.107. The SMILES string of the molecule is N#CB1CCN(C(/C=C/CCC=O)=C/C(=C\CN2CC[C@@H](CCc3ccc4c(n3)NCCC4)C2)c2cc(Cl)cc(Cl)c2)CC1. The van der Waals surface area contributed by atoms with Crippen molar-refractivity contribution in [2.45, 2.75) is 57.6 Å².